The molecule has 0 heterocycles. The Bertz CT molecular complexity index is 9.61. The monoisotopic (exact) mass is 53.0 g/mol. The van der Waals surface area contributed by atoms with Gasteiger partial charge in [0.25, 0.3) is 0 Å². The van der Waals surface area contributed by atoms with Crippen LogP contribution in [-0.2, 0) is 0 Å². The topological polar surface area (TPSA) is 40.5 Å². The Morgan fingerprint density at radius 2 is 1.50 bits per heavy atom. The molecule has 0 aliphatic rings. The van der Waals surface area contributed by atoms with Crippen molar-refractivity contribution in [3.05, 3.63) is 0 Å². The fourth-order valence-electron chi connectivity index (χ4n) is 0. The van der Waals surface area contributed by atoms with Crippen LogP contribution in [-0.4, -0.2) is 17.7 Å². The van der Waals surface area contributed by atoms with E-state index < -0.39 is 0 Å². The first-order chi connectivity index (χ1) is 1.41. The minimum Gasteiger partial charge on any atom is -1.00 e. The summed E-state index contributed by atoms with van der Waals surface area (Å²) in [5.74, 6) is 0. The van der Waals surface area contributed by atoms with Gasteiger partial charge in [-0.05, 0) is 0 Å². The van der Waals surface area contributed by atoms with Crippen molar-refractivity contribution in [1.29, 1.82) is 0 Å². The molecule has 0 aliphatic heterocycles. The first-order valence-corrected chi connectivity index (χ1v) is 0.516. The van der Waals surface area contributed by atoms with Crippen LogP contribution in [0.15, 0.2) is 0 Å². The molecule has 0 aromatic heterocycles. The van der Waals surface area contributed by atoms with Crippen molar-refractivity contribution in [1.82, 2.24) is 0 Å². The Balaban J connectivity index is -0.0000000200. The number of rotatable bonds is 0. The molecule has 0 bridgehead atoms. The second-order valence-corrected chi connectivity index (χ2v) is 0.115. The average molecular weight is 52.8 g/mol. The van der Waals surface area contributed by atoms with Crippen LogP contribution in [0.5, 0.6) is 0 Å². The third kappa shape index (κ3) is 19.1. The number of hydrogen-bond acceptors (Lipinski definition) is 2. The van der Waals surface area contributed by atoms with Crippen molar-refractivity contribution < 1.29 is 30.3 Å². The third-order valence-corrected chi connectivity index (χ3v) is 0. The standard InChI is InChI=1S/BH2O2.Li.H/c2-1-3;;/h2-3H;;/q;+1;-1. The smallest absolute Gasteiger partial charge is 1.00 e. The molecule has 0 rings (SSSR count). The molecule has 0 aromatic rings. The van der Waals surface area contributed by atoms with Gasteiger partial charge in [-0.2, -0.15) is 0 Å². The molecule has 4 heteroatoms. The fraction of sp³-hybridized carbons (Fsp3) is 0. The SMILES string of the molecule is O[B]O.[H-].[Li+]. The van der Waals surface area contributed by atoms with Gasteiger partial charge in [0.1, 0.15) is 0 Å². The molecule has 2 nitrogen and oxygen atoms in total. The normalized spacial score (nSPS) is 3.50. The van der Waals surface area contributed by atoms with E-state index in [4.69, 9.17) is 10.0 Å². The van der Waals surface area contributed by atoms with Gasteiger partial charge in [-0.25, -0.2) is 0 Å². The first kappa shape index (κ1) is 8.82. The Kier molecular flexibility index (Phi) is 21.0. The van der Waals surface area contributed by atoms with Gasteiger partial charge in [0.05, 0.1) is 0 Å². The van der Waals surface area contributed by atoms with E-state index in [1.165, 1.54) is 0 Å². The van der Waals surface area contributed by atoms with Crippen molar-refractivity contribution in [2.75, 3.05) is 0 Å². The Morgan fingerprint density at radius 1 is 1.50 bits per heavy atom. The van der Waals surface area contributed by atoms with Crippen LogP contribution in [0.4, 0.5) is 0 Å². The summed E-state index contributed by atoms with van der Waals surface area (Å²) in [5, 5.41) is 14.0. The third-order valence-electron chi connectivity index (χ3n) is 0. The minimum atomic E-state index is 0. The van der Waals surface area contributed by atoms with Crippen molar-refractivity contribution >= 4 is 7.69 Å². The van der Waals surface area contributed by atoms with E-state index >= 15 is 0 Å². The maximum Gasteiger partial charge on any atom is 1.00 e. The van der Waals surface area contributed by atoms with Crippen molar-refractivity contribution in [2.45, 2.75) is 0 Å². The molecular formula is H3BLiO2. The van der Waals surface area contributed by atoms with E-state index in [2.05, 4.69) is 0 Å². The molecule has 0 aromatic carbocycles. The summed E-state index contributed by atoms with van der Waals surface area (Å²) in [6, 6.07) is 0. The van der Waals surface area contributed by atoms with Crippen LogP contribution in [0.25, 0.3) is 0 Å². The van der Waals surface area contributed by atoms with Crippen LogP contribution in [0.3, 0.4) is 0 Å². The van der Waals surface area contributed by atoms with E-state index in [-0.39, 0.29) is 28.0 Å². The van der Waals surface area contributed by atoms with Crippen LogP contribution in [0.2, 0.25) is 0 Å². The van der Waals surface area contributed by atoms with Crippen LogP contribution in [0, 0.1) is 0 Å². The molecule has 0 fully saturated rings. The van der Waals surface area contributed by atoms with Crippen molar-refractivity contribution in [3.63, 3.8) is 0 Å². The summed E-state index contributed by atoms with van der Waals surface area (Å²) in [5.41, 5.74) is 0. The van der Waals surface area contributed by atoms with E-state index in [0.717, 1.165) is 0 Å². The first-order valence-electron chi connectivity index (χ1n) is 0.516. The number of hydrogen-bond donors (Lipinski definition) is 2. The van der Waals surface area contributed by atoms with Crippen LogP contribution in [0.1, 0.15) is 1.43 Å². The Hall–Kier alpha value is 0.582. The molecule has 0 spiro atoms. The summed E-state index contributed by atoms with van der Waals surface area (Å²) in [4.78, 5) is 0. The minimum absolute atomic E-state index is 0. The molecule has 0 unspecified atom stereocenters. The molecule has 0 saturated heterocycles. The van der Waals surface area contributed by atoms with Gasteiger partial charge in [-0.3, -0.25) is 0 Å². The predicted octanol–water partition coefficient (Wildman–Crippen LogP) is -4.38. The Morgan fingerprint density at radius 3 is 1.50 bits per heavy atom. The van der Waals surface area contributed by atoms with Gasteiger partial charge in [-0.15, -0.1) is 0 Å². The summed E-state index contributed by atoms with van der Waals surface area (Å²) in [6.07, 6.45) is 0. The molecular weight excluding hydrogens is 49.8 g/mol. The molecule has 4 heavy (non-hydrogen) atoms. The second-order valence-electron chi connectivity index (χ2n) is 0.115. The van der Waals surface area contributed by atoms with Gasteiger partial charge in [0.15, 0.2) is 0 Å². The molecule has 0 aliphatic carbocycles. The average Bonchev–Trinajstić information content (AvgIpc) is 0.918. The zero-order valence-corrected chi connectivity index (χ0v) is 2.47. The quantitative estimate of drug-likeness (QED) is 0.274. The van der Waals surface area contributed by atoms with Crippen LogP contribution >= 0.6 is 0 Å². The zero-order chi connectivity index (χ0) is 2.71. The molecule has 19 valence electrons. The summed E-state index contributed by atoms with van der Waals surface area (Å²) >= 11 is 0. The van der Waals surface area contributed by atoms with E-state index in [9.17, 15) is 0 Å². The summed E-state index contributed by atoms with van der Waals surface area (Å²) in [7, 11) is 0. The maximum atomic E-state index is 7.00. The van der Waals surface area contributed by atoms with E-state index in [1.807, 2.05) is 0 Å². The molecule has 0 amide bonds. The van der Waals surface area contributed by atoms with Gasteiger partial charge in [-0.1, -0.05) is 0 Å². The van der Waals surface area contributed by atoms with Crippen LogP contribution < -0.4 is 18.9 Å². The van der Waals surface area contributed by atoms with E-state index in [1.54, 1.807) is 0 Å². The maximum absolute atomic E-state index is 7.00. The Labute approximate surface area is 38.8 Å². The molecule has 0 saturated carbocycles. The zero-order valence-electron chi connectivity index (χ0n) is 3.47. The summed E-state index contributed by atoms with van der Waals surface area (Å²) < 4.78 is 0. The van der Waals surface area contributed by atoms with Gasteiger partial charge < -0.3 is 11.5 Å². The fourth-order valence-corrected chi connectivity index (χ4v) is 0. The second kappa shape index (κ2) is 9.54. The van der Waals surface area contributed by atoms with Gasteiger partial charge in [0.2, 0.25) is 0 Å². The van der Waals surface area contributed by atoms with Gasteiger partial charge in [0, 0.05) is 0 Å². The molecule has 1 radical (unpaired) electrons. The molecule has 0 atom stereocenters. The van der Waals surface area contributed by atoms with E-state index in [0.29, 0.717) is 0 Å². The summed E-state index contributed by atoms with van der Waals surface area (Å²) in [6.45, 7) is 0. The molecule has 2 N–H and O–H groups in total. The van der Waals surface area contributed by atoms with Crippen molar-refractivity contribution in [3.8, 4) is 0 Å². The largest absolute Gasteiger partial charge is 1.00 e. The predicted molar refractivity (Wildman–Crippen MR) is 11.3 cm³/mol. The van der Waals surface area contributed by atoms with Gasteiger partial charge >= 0.3 is 26.5 Å². The van der Waals surface area contributed by atoms with Crippen molar-refractivity contribution in [2.24, 2.45) is 0 Å².